The molecular formula is C23H23N3O3. The summed E-state index contributed by atoms with van der Waals surface area (Å²) < 4.78 is 5.28. The first-order valence-corrected chi connectivity index (χ1v) is 9.27. The van der Waals surface area contributed by atoms with E-state index in [0.29, 0.717) is 18.8 Å². The van der Waals surface area contributed by atoms with E-state index in [1.54, 1.807) is 25.3 Å². The minimum absolute atomic E-state index is 0.183. The molecule has 3 rings (SSSR count). The molecule has 0 atom stereocenters. The predicted molar refractivity (Wildman–Crippen MR) is 111 cm³/mol. The van der Waals surface area contributed by atoms with Gasteiger partial charge >= 0.3 is 0 Å². The molecular weight excluding hydrogens is 366 g/mol. The Kier molecular flexibility index (Phi) is 6.58. The molecule has 2 aromatic carbocycles. The van der Waals surface area contributed by atoms with Crippen LogP contribution in [-0.2, 0) is 13.1 Å². The average molecular weight is 389 g/mol. The summed E-state index contributed by atoms with van der Waals surface area (Å²) in [5, 5.41) is 5.63. The van der Waals surface area contributed by atoms with Gasteiger partial charge in [0, 0.05) is 18.7 Å². The van der Waals surface area contributed by atoms with Crippen LogP contribution in [0.3, 0.4) is 0 Å². The first-order chi connectivity index (χ1) is 14.1. The second kappa shape index (κ2) is 9.50. The number of pyridine rings is 1. The zero-order chi connectivity index (χ0) is 20.6. The lowest BCUT2D eigenvalue weighted by Gasteiger charge is -2.10. The Balaban J connectivity index is 1.61. The molecule has 2 N–H and O–H groups in total. The quantitative estimate of drug-likeness (QED) is 0.650. The van der Waals surface area contributed by atoms with Crippen LogP contribution in [-0.4, -0.2) is 23.9 Å². The summed E-state index contributed by atoms with van der Waals surface area (Å²) in [5.41, 5.74) is 3.39. The number of hydrogen-bond donors (Lipinski definition) is 2. The zero-order valence-corrected chi connectivity index (χ0v) is 16.4. The second-order valence-electron chi connectivity index (χ2n) is 6.57. The smallest absolute Gasteiger partial charge is 0.270 e. The number of benzene rings is 2. The third kappa shape index (κ3) is 5.42. The molecule has 0 aliphatic rings. The molecule has 0 aliphatic carbocycles. The summed E-state index contributed by atoms with van der Waals surface area (Å²) in [4.78, 5) is 29.1. The molecule has 6 heteroatoms. The highest BCUT2D eigenvalue weighted by Gasteiger charge is 2.13. The van der Waals surface area contributed by atoms with Crippen molar-refractivity contribution >= 4 is 11.8 Å². The van der Waals surface area contributed by atoms with E-state index in [0.717, 1.165) is 16.7 Å². The summed E-state index contributed by atoms with van der Waals surface area (Å²) in [7, 11) is 1.58. The number of nitrogens with zero attached hydrogens (tertiary/aromatic N) is 1. The molecule has 0 radical (unpaired) electrons. The van der Waals surface area contributed by atoms with E-state index < -0.39 is 0 Å². The van der Waals surface area contributed by atoms with Gasteiger partial charge in [-0.2, -0.15) is 0 Å². The third-order valence-electron chi connectivity index (χ3n) is 4.42. The van der Waals surface area contributed by atoms with Crippen molar-refractivity contribution in [1.82, 2.24) is 15.6 Å². The summed E-state index contributed by atoms with van der Waals surface area (Å²) in [6, 6.07) is 20.2. The molecule has 2 amide bonds. The topological polar surface area (TPSA) is 80.3 Å². The highest BCUT2D eigenvalue weighted by Crippen LogP contribution is 2.16. The fourth-order valence-corrected chi connectivity index (χ4v) is 2.78. The Labute approximate surface area is 169 Å². The normalized spacial score (nSPS) is 10.3. The van der Waals surface area contributed by atoms with Crippen molar-refractivity contribution in [3.05, 3.63) is 94.8 Å². The highest BCUT2D eigenvalue weighted by atomic mass is 16.5. The molecule has 0 fully saturated rings. The van der Waals surface area contributed by atoms with Gasteiger partial charge in [-0.05, 0) is 30.7 Å². The molecule has 1 aromatic heterocycles. The van der Waals surface area contributed by atoms with Gasteiger partial charge in [0.1, 0.15) is 17.1 Å². The Morgan fingerprint density at radius 3 is 2.10 bits per heavy atom. The van der Waals surface area contributed by atoms with Crippen LogP contribution in [0, 0.1) is 6.92 Å². The monoisotopic (exact) mass is 389 g/mol. The number of para-hydroxylation sites is 1. The standard InChI is InChI=1S/C23H23N3O3/c1-16-10-12-17(13-11-16)14-24-22(27)19-7-5-8-20(26-19)23(28)25-15-18-6-3-4-9-21(18)29-2/h3-13H,14-15H2,1-2H3,(H,24,27)(H,25,28). The van der Waals surface area contributed by atoms with E-state index in [4.69, 9.17) is 4.74 Å². The number of hydrogen-bond acceptors (Lipinski definition) is 4. The van der Waals surface area contributed by atoms with Crippen LogP contribution in [0.15, 0.2) is 66.7 Å². The zero-order valence-electron chi connectivity index (χ0n) is 16.4. The number of carbonyl (C=O) groups is 2. The van der Waals surface area contributed by atoms with E-state index in [2.05, 4.69) is 15.6 Å². The number of ether oxygens (including phenoxy) is 1. The molecule has 1 heterocycles. The van der Waals surface area contributed by atoms with Crippen molar-refractivity contribution in [3.63, 3.8) is 0 Å². The third-order valence-corrected chi connectivity index (χ3v) is 4.42. The lowest BCUT2D eigenvalue weighted by Crippen LogP contribution is -2.27. The molecule has 6 nitrogen and oxygen atoms in total. The largest absolute Gasteiger partial charge is 0.496 e. The van der Waals surface area contributed by atoms with Gasteiger partial charge in [-0.1, -0.05) is 54.1 Å². The van der Waals surface area contributed by atoms with E-state index in [9.17, 15) is 9.59 Å². The molecule has 0 aliphatic heterocycles. The molecule has 0 saturated carbocycles. The first kappa shape index (κ1) is 20.1. The maximum atomic E-state index is 12.5. The van der Waals surface area contributed by atoms with Gasteiger partial charge in [0.05, 0.1) is 7.11 Å². The van der Waals surface area contributed by atoms with Crippen molar-refractivity contribution < 1.29 is 14.3 Å². The summed E-state index contributed by atoms with van der Waals surface area (Å²) in [6.07, 6.45) is 0. The second-order valence-corrected chi connectivity index (χ2v) is 6.57. The Morgan fingerprint density at radius 2 is 1.45 bits per heavy atom. The molecule has 0 unspecified atom stereocenters. The number of rotatable bonds is 7. The van der Waals surface area contributed by atoms with E-state index in [1.807, 2.05) is 55.5 Å². The summed E-state index contributed by atoms with van der Waals surface area (Å²) in [5.74, 6) is 0.0130. The van der Waals surface area contributed by atoms with E-state index in [-0.39, 0.29) is 23.2 Å². The van der Waals surface area contributed by atoms with Crippen LogP contribution >= 0.6 is 0 Å². The average Bonchev–Trinajstić information content (AvgIpc) is 2.77. The SMILES string of the molecule is COc1ccccc1CNC(=O)c1cccc(C(=O)NCc2ccc(C)cc2)n1. The fourth-order valence-electron chi connectivity index (χ4n) is 2.78. The molecule has 0 spiro atoms. The predicted octanol–water partition coefficient (Wildman–Crippen LogP) is 3.26. The van der Waals surface area contributed by atoms with Gasteiger partial charge in [-0.3, -0.25) is 9.59 Å². The number of nitrogens with one attached hydrogen (secondary N) is 2. The van der Waals surface area contributed by atoms with Crippen LogP contribution < -0.4 is 15.4 Å². The molecule has 148 valence electrons. The fraction of sp³-hybridized carbons (Fsp3) is 0.174. The van der Waals surface area contributed by atoms with Gasteiger partial charge in [-0.25, -0.2) is 4.98 Å². The van der Waals surface area contributed by atoms with Crippen molar-refractivity contribution in [2.45, 2.75) is 20.0 Å². The minimum Gasteiger partial charge on any atom is -0.496 e. The maximum Gasteiger partial charge on any atom is 0.270 e. The van der Waals surface area contributed by atoms with Crippen LogP contribution in [0.5, 0.6) is 5.75 Å². The highest BCUT2D eigenvalue weighted by molar-refractivity contribution is 5.96. The Bertz CT molecular complexity index is 1000. The van der Waals surface area contributed by atoms with Gasteiger partial charge < -0.3 is 15.4 Å². The summed E-state index contributed by atoms with van der Waals surface area (Å²) in [6.45, 7) is 2.70. The first-order valence-electron chi connectivity index (χ1n) is 9.27. The van der Waals surface area contributed by atoms with Gasteiger partial charge in [-0.15, -0.1) is 0 Å². The Hall–Kier alpha value is -3.67. The van der Waals surface area contributed by atoms with Gasteiger partial charge in [0.2, 0.25) is 0 Å². The molecule has 29 heavy (non-hydrogen) atoms. The van der Waals surface area contributed by atoms with Crippen molar-refractivity contribution in [1.29, 1.82) is 0 Å². The van der Waals surface area contributed by atoms with E-state index in [1.165, 1.54) is 0 Å². The number of aromatic nitrogens is 1. The summed E-state index contributed by atoms with van der Waals surface area (Å²) >= 11 is 0. The van der Waals surface area contributed by atoms with Crippen LogP contribution in [0.1, 0.15) is 37.7 Å². The molecule has 0 saturated heterocycles. The van der Waals surface area contributed by atoms with Crippen molar-refractivity contribution in [3.8, 4) is 5.75 Å². The number of methoxy groups -OCH3 is 1. The molecule has 0 bridgehead atoms. The van der Waals surface area contributed by atoms with Gasteiger partial charge in [0.25, 0.3) is 11.8 Å². The lowest BCUT2D eigenvalue weighted by molar-refractivity contribution is 0.0941. The van der Waals surface area contributed by atoms with Crippen molar-refractivity contribution in [2.24, 2.45) is 0 Å². The Morgan fingerprint density at radius 1 is 0.828 bits per heavy atom. The number of amides is 2. The van der Waals surface area contributed by atoms with Crippen LogP contribution in [0.25, 0.3) is 0 Å². The molecule has 3 aromatic rings. The minimum atomic E-state index is -0.357. The van der Waals surface area contributed by atoms with E-state index >= 15 is 0 Å². The van der Waals surface area contributed by atoms with Crippen LogP contribution in [0.4, 0.5) is 0 Å². The lowest BCUT2D eigenvalue weighted by atomic mass is 10.1. The maximum absolute atomic E-state index is 12.5. The van der Waals surface area contributed by atoms with Gasteiger partial charge in [0.15, 0.2) is 0 Å². The number of carbonyl (C=O) groups excluding carboxylic acids is 2. The van der Waals surface area contributed by atoms with Crippen LogP contribution in [0.2, 0.25) is 0 Å². The number of aryl methyl sites for hydroxylation is 1. The van der Waals surface area contributed by atoms with Crippen molar-refractivity contribution in [2.75, 3.05) is 7.11 Å².